The molecule has 1 heterocycles. The summed E-state index contributed by atoms with van der Waals surface area (Å²) in [5.41, 5.74) is 0.539. The maximum atomic E-state index is 12.6. The Morgan fingerprint density at radius 1 is 1.33 bits per heavy atom. The average Bonchev–Trinajstić information content (AvgIpc) is 2.72. The van der Waals surface area contributed by atoms with Gasteiger partial charge >= 0.3 is 0 Å². The van der Waals surface area contributed by atoms with Gasteiger partial charge in [0.05, 0.1) is 4.90 Å². The molecule has 0 saturated carbocycles. The second-order valence-corrected chi connectivity index (χ2v) is 8.12. The van der Waals surface area contributed by atoms with Gasteiger partial charge in [-0.15, -0.1) is 0 Å². The van der Waals surface area contributed by atoms with Crippen molar-refractivity contribution in [3.8, 4) is 0 Å². The summed E-state index contributed by atoms with van der Waals surface area (Å²) in [6.45, 7) is 10.6. The van der Waals surface area contributed by atoms with E-state index in [4.69, 9.17) is 0 Å². The van der Waals surface area contributed by atoms with Crippen molar-refractivity contribution in [2.45, 2.75) is 70.5 Å². The molecule has 0 spiro atoms. The molecule has 0 aromatic carbocycles. The molecule has 1 aromatic rings. The highest BCUT2D eigenvalue weighted by Crippen LogP contribution is 2.21. The van der Waals surface area contributed by atoms with Gasteiger partial charge in [0, 0.05) is 30.0 Å². The van der Waals surface area contributed by atoms with E-state index < -0.39 is 15.6 Å². The third-order valence-corrected chi connectivity index (χ3v) is 5.08. The summed E-state index contributed by atoms with van der Waals surface area (Å²) in [6, 6.07) is 1.97. The van der Waals surface area contributed by atoms with Crippen LogP contribution in [0.2, 0.25) is 0 Å². The number of sulfonamides is 1. The first-order chi connectivity index (χ1) is 9.63. The van der Waals surface area contributed by atoms with Crippen LogP contribution in [-0.2, 0) is 16.6 Å². The zero-order chi connectivity index (χ0) is 16.3. The second kappa shape index (κ2) is 6.94. The van der Waals surface area contributed by atoms with Gasteiger partial charge in [0.25, 0.3) is 0 Å². The van der Waals surface area contributed by atoms with E-state index in [9.17, 15) is 8.42 Å². The molecule has 21 heavy (non-hydrogen) atoms. The van der Waals surface area contributed by atoms with Crippen molar-refractivity contribution in [2.24, 2.45) is 0 Å². The van der Waals surface area contributed by atoms with Gasteiger partial charge in [-0.25, -0.2) is 13.1 Å². The van der Waals surface area contributed by atoms with Crippen molar-refractivity contribution in [2.75, 3.05) is 7.05 Å². The Morgan fingerprint density at radius 2 is 1.95 bits per heavy atom. The SMILES string of the molecule is CCCC(C)(C)NS(=O)(=O)c1cc(CNC)n(C(C)C)c1. The van der Waals surface area contributed by atoms with E-state index >= 15 is 0 Å². The minimum atomic E-state index is -3.49. The molecule has 5 nitrogen and oxygen atoms in total. The number of nitrogens with zero attached hydrogens (tertiary/aromatic N) is 1. The van der Waals surface area contributed by atoms with E-state index in [1.165, 1.54) is 0 Å². The molecule has 0 fully saturated rings. The standard InChI is InChI=1S/C15H29N3O2S/c1-7-8-15(4,5)17-21(19,20)14-9-13(10-16-6)18(11-14)12(2)3/h9,11-12,16-17H,7-8,10H2,1-6H3. The number of hydrogen-bond donors (Lipinski definition) is 2. The van der Waals surface area contributed by atoms with Gasteiger partial charge < -0.3 is 9.88 Å². The van der Waals surface area contributed by atoms with E-state index in [-0.39, 0.29) is 6.04 Å². The van der Waals surface area contributed by atoms with E-state index in [2.05, 4.69) is 17.0 Å². The van der Waals surface area contributed by atoms with Crippen LogP contribution >= 0.6 is 0 Å². The fourth-order valence-corrected chi connectivity index (χ4v) is 4.04. The van der Waals surface area contributed by atoms with Crippen LogP contribution in [0.15, 0.2) is 17.2 Å². The summed E-state index contributed by atoms with van der Waals surface area (Å²) in [5.74, 6) is 0. The monoisotopic (exact) mass is 315 g/mol. The van der Waals surface area contributed by atoms with Crippen molar-refractivity contribution in [1.82, 2.24) is 14.6 Å². The quantitative estimate of drug-likeness (QED) is 0.775. The lowest BCUT2D eigenvalue weighted by molar-refractivity contribution is 0.417. The fourth-order valence-electron chi connectivity index (χ4n) is 2.55. The van der Waals surface area contributed by atoms with Gasteiger partial charge in [-0.05, 0) is 47.2 Å². The van der Waals surface area contributed by atoms with Gasteiger partial charge in [-0.2, -0.15) is 0 Å². The Labute approximate surface area is 129 Å². The molecule has 122 valence electrons. The Kier molecular flexibility index (Phi) is 6.01. The summed E-state index contributed by atoms with van der Waals surface area (Å²) in [4.78, 5) is 0.339. The Hall–Kier alpha value is -0.850. The normalized spacial score (nSPS) is 13.1. The van der Waals surface area contributed by atoms with Gasteiger partial charge in [-0.3, -0.25) is 0 Å². The smallest absolute Gasteiger partial charge is 0.242 e. The summed E-state index contributed by atoms with van der Waals surface area (Å²) >= 11 is 0. The Balaban J connectivity index is 3.11. The predicted octanol–water partition coefficient (Wildman–Crippen LogP) is 2.65. The molecule has 6 heteroatoms. The van der Waals surface area contributed by atoms with Crippen molar-refractivity contribution in [3.05, 3.63) is 18.0 Å². The zero-order valence-electron chi connectivity index (χ0n) is 14.0. The first-order valence-corrected chi connectivity index (χ1v) is 9.00. The maximum Gasteiger partial charge on any atom is 0.242 e. The van der Waals surface area contributed by atoms with Crippen LogP contribution in [0.4, 0.5) is 0 Å². The highest BCUT2D eigenvalue weighted by molar-refractivity contribution is 7.89. The van der Waals surface area contributed by atoms with Gasteiger partial charge in [0.1, 0.15) is 0 Å². The lowest BCUT2D eigenvalue weighted by Gasteiger charge is -2.25. The summed E-state index contributed by atoms with van der Waals surface area (Å²) < 4.78 is 29.9. The molecular formula is C15H29N3O2S. The number of aromatic nitrogens is 1. The first kappa shape index (κ1) is 18.2. The van der Waals surface area contributed by atoms with Gasteiger partial charge in [0.15, 0.2) is 0 Å². The van der Waals surface area contributed by atoms with Crippen LogP contribution in [0, 0.1) is 0 Å². The molecule has 0 amide bonds. The summed E-state index contributed by atoms with van der Waals surface area (Å²) in [6.07, 6.45) is 3.47. The minimum absolute atomic E-state index is 0.223. The Morgan fingerprint density at radius 3 is 2.43 bits per heavy atom. The molecule has 0 radical (unpaired) electrons. The highest BCUT2D eigenvalue weighted by atomic mass is 32.2. The molecule has 1 rings (SSSR count). The third kappa shape index (κ3) is 4.83. The molecular weight excluding hydrogens is 286 g/mol. The zero-order valence-corrected chi connectivity index (χ0v) is 14.8. The second-order valence-electron chi connectivity index (χ2n) is 6.44. The van der Waals surface area contributed by atoms with Crippen LogP contribution < -0.4 is 10.0 Å². The van der Waals surface area contributed by atoms with E-state index in [0.29, 0.717) is 11.4 Å². The number of rotatable bonds is 8. The van der Waals surface area contributed by atoms with E-state index in [1.54, 1.807) is 12.3 Å². The number of nitrogens with one attached hydrogen (secondary N) is 2. The minimum Gasteiger partial charge on any atom is -0.346 e. The average molecular weight is 315 g/mol. The van der Waals surface area contributed by atoms with Crippen molar-refractivity contribution >= 4 is 10.0 Å². The lowest BCUT2D eigenvalue weighted by Crippen LogP contribution is -2.43. The van der Waals surface area contributed by atoms with Crippen LogP contribution in [0.5, 0.6) is 0 Å². The molecule has 2 N–H and O–H groups in total. The molecule has 0 unspecified atom stereocenters. The molecule has 0 bridgehead atoms. The maximum absolute atomic E-state index is 12.6. The molecule has 0 atom stereocenters. The topological polar surface area (TPSA) is 63.1 Å². The van der Waals surface area contributed by atoms with Crippen LogP contribution in [0.3, 0.4) is 0 Å². The highest BCUT2D eigenvalue weighted by Gasteiger charge is 2.27. The lowest BCUT2D eigenvalue weighted by atomic mass is 10.0. The number of hydrogen-bond acceptors (Lipinski definition) is 3. The van der Waals surface area contributed by atoms with Crippen LogP contribution in [0.1, 0.15) is 59.2 Å². The predicted molar refractivity (Wildman–Crippen MR) is 86.9 cm³/mol. The van der Waals surface area contributed by atoms with Crippen LogP contribution in [0.25, 0.3) is 0 Å². The van der Waals surface area contributed by atoms with Crippen LogP contribution in [-0.4, -0.2) is 25.6 Å². The van der Waals surface area contributed by atoms with Gasteiger partial charge in [0.2, 0.25) is 10.0 Å². The Bertz CT molecular complexity index is 559. The molecule has 0 aliphatic heterocycles. The van der Waals surface area contributed by atoms with E-state index in [1.807, 2.05) is 39.3 Å². The van der Waals surface area contributed by atoms with E-state index in [0.717, 1.165) is 18.5 Å². The molecule has 0 aliphatic rings. The van der Waals surface area contributed by atoms with Crippen molar-refractivity contribution in [3.63, 3.8) is 0 Å². The first-order valence-electron chi connectivity index (χ1n) is 7.52. The van der Waals surface area contributed by atoms with Gasteiger partial charge in [-0.1, -0.05) is 13.3 Å². The van der Waals surface area contributed by atoms with Crippen molar-refractivity contribution < 1.29 is 8.42 Å². The summed E-state index contributed by atoms with van der Waals surface area (Å²) in [7, 11) is -1.64. The molecule has 0 saturated heterocycles. The fraction of sp³-hybridized carbons (Fsp3) is 0.733. The molecule has 0 aliphatic carbocycles. The summed E-state index contributed by atoms with van der Waals surface area (Å²) in [5, 5.41) is 3.08. The van der Waals surface area contributed by atoms with Crippen molar-refractivity contribution in [1.29, 1.82) is 0 Å². The molecule has 1 aromatic heterocycles. The third-order valence-electron chi connectivity index (χ3n) is 3.42. The largest absolute Gasteiger partial charge is 0.346 e.